The third kappa shape index (κ3) is 6.09. The average molecular weight is 460 g/mol. The van der Waals surface area contributed by atoms with Crippen LogP contribution in [0.15, 0.2) is 29.6 Å². The van der Waals surface area contributed by atoms with E-state index in [-0.39, 0.29) is 30.7 Å². The topological polar surface area (TPSA) is 122 Å². The molecule has 1 aromatic carbocycles. The number of aryl methyl sites for hydroxylation is 1. The standard InChI is InChI=1S/C20H21N5O4S2/c1-11-17(31-20(22-11)23-12(2)26)15-10-30-19(25-15)24-14-6-4-13(5-7-14)18(28)21-9-8-16(27)29-3/h4-7,10H,8-9H2,1-3H3,(H,21,28)(H,24,25)(H,22,23,26). The van der Waals surface area contributed by atoms with Gasteiger partial charge in [0.25, 0.3) is 5.91 Å². The summed E-state index contributed by atoms with van der Waals surface area (Å²) < 4.78 is 4.54. The van der Waals surface area contributed by atoms with Crippen molar-refractivity contribution in [1.29, 1.82) is 0 Å². The molecule has 0 saturated carbocycles. The van der Waals surface area contributed by atoms with Gasteiger partial charge in [-0.2, -0.15) is 0 Å². The van der Waals surface area contributed by atoms with E-state index in [4.69, 9.17) is 0 Å². The number of carbonyl (C=O) groups is 3. The molecule has 2 heterocycles. The van der Waals surface area contributed by atoms with E-state index in [2.05, 4.69) is 30.7 Å². The Labute approximate surface area is 186 Å². The van der Waals surface area contributed by atoms with Crippen molar-refractivity contribution in [1.82, 2.24) is 15.3 Å². The molecule has 162 valence electrons. The van der Waals surface area contributed by atoms with Crippen LogP contribution in [0.2, 0.25) is 0 Å². The number of anilines is 3. The maximum atomic E-state index is 12.1. The molecular weight excluding hydrogens is 438 g/mol. The first-order valence-corrected chi connectivity index (χ1v) is 11.0. The Kier molecular flexibility index (Phi) is 7.32. The van der Waals surface area contributed by atoms with Crippen LogP contribution in [-0.2, 0) is 14.3 Å². The smallest absolute Gasteiger partial charge is 0.307 e. The minimum absolute atomic E-state index is 0.125. The molecule has 0 fully saturated rings. The number of methoxy groups -OCH3 is 1. The van der Waals surface area contributed by atoms with E-state index in [1.165, 1.54) is 36.7 Å². The van der Waals surface area contributed by atoms with Gasteiger partial charge in [0, 0.05) is 30.1 Å². The lowest BCUT2D eigenvalue weighted by molar-refractivity contribution is -0.140. The fourth-order valence-corrected chi connectivity index (χ4v) is 4.35. The molecule has 3 aromatic rings. The summed E-state index contributed by atoms with van der Waals surface area (Å²) in [7, 11) is 1.31. The van der Waals surface area contributed by atoms with Gasteiger partial charge >= 0.3 is 5.97 Å². The summed E-state index contributed by atoms with van der Waals surface area (Å²) >= 11 is 2.82. The molecule has 0 aliphatic carbocycles. The van der Waals surface area contributed by atoms with Crippen LogP contribution in [-0.4, -0.2) is 41.4 Å². The molecule has 0 spiro atoms. The molecule has 2 aromatic heterocycles. The number of ether oxygens (including phenoxy) is 1. The second-order valence-electron chi connectivity index (χ2n) is 6.44. The summed E-state index contributed by atoms with van der Waals surface area (Å²) in [5, 5.41) is 11.7. The van der Waals surface area contributed by atoms with Crippen LogP contribution in [0.1, 0.15) is 29.4 Å². The lowest BCUT2D eigenvalue weighted by Crippen LogP contribution is -2.26. The zero-order chi connectivity index (χ0) is 22.4. The largest absolute Gasteiger partial charge is 0.469 e. The predicted octanol–water partition coefficient (Wildman–Crippen LogP) is 3.57. The number of carbonyl (C=O) groups excluding carboxylic acids is 3. The molecule has 11 heteroatoms. The minimum atomic E-state index is -0.373. The van der Waals surface area contributed by atoms with E-state index in [1.807, 2.05) is 12.3 Å². The van der Waals surface area contributed by atoms with Crippen LogP contribution < -0.4 is 16.0 Å². The maximum Gasteiger partial charge on any atom is 0.307 e. The third-order valence-electron chi connectivity index (χ3n) is 4.06. The molecule has 0 radical (unpaired) electrons. The van der Waals surface area contributed by atoms with Crippen LogP contribution in [0, 0.1) is 6.92 Å². The fraction of sp³-hybridized carbons (Fsp3) is 0.250. The highest BCUT2D eigenvalue weighted by Crippen LogP contribution is 2.35. The van der Waals surface area contributed by atoms with Gasteiger partial charge in [-0.25, -0.2) is 9.97 Å². The number of hydrogen-bond acceptors (Lipinski definition) is 9. The summed E-state index contributed by atoms with van der Waals surface area (Å²) in [6, 6.07) is 6.95. The quantitative estimate of drug-likeness (QED) is 0.440. The van der Waals surface area contributed by atoms with Crippen molar-refractivity contribution in [3.63, 3.8) is 0 Å². The zero-order valence-corrected chi connectivity index (χ0v) is 18.8. The number of thiazole rings is 2. The Morgan fingerprint density at radius 2 is 1.84 bits per heavy atom. The number of nitrogens with one attached hydrogen (secondary N) is 3. The molecule has 0 atom stereocenters. The lowest BCUT2D eigenvalue weighted by atomic mass is 10.2. The van der Waals surface area contributed by atoms with Gasteiger partial charge in [0.1, 0.15) is 0 Å². The SMILES string of the molecule is COC(=O)CCNC(=O)c1ccc(Nc2nc(-c3sc(NC(C)=O)nc3C)cs2)cc1. The van der Waals surface area contributed by atoms with Crippen molar-refractivity contribution in [3.05, 3.63) is 40.9 Å². The Bertz CT molecular complexity index is 1090. The molecule has 3 N–H and O–H groups in total. The first kappa shape index (κ1) is 22.4. The molecule has 0 saturated heterocycles. The highest BCUT2D eigenvalue weighted by molar-refractivity contribution is 7.20. The minimum Gasteiger partial charge on any atom is -0.469 e. The van der Waals surface area contributed by atoms with E-state index in [9.17, 15) is 14.4 Å². The summed E-state index contributed by atoms with van der Waals surface area (Å²) in [6.45, 7) is 3.53. The van der Waals surface area contributed by atoms with E-state index >= 15 is 0 Å². The summed E-state index contributed by atoms with van der Waals surface area (Å²) in [5.74, 6) is -0.799. The predicted molar refractivity (Wildman–Crippen MR) is 121 cm³/mol. The van der Waals surface area contributed by atoms with Gasteiger partial charge in [0.05, 0.1) is 29.8 Å². The number of rotatable bonds is 8. The number of aromatic nitrogens is 2. The lowest BCUT2D eigenvalue weighted by Gasteiger charge is -2.06. The zero-order valence-electron chi connectivity index (χ0n) is 17.1. The molecule has 9 nitrogen and oxygen atoms in total. The van der Waals surface area contributed by atoms with Crippen LogP contribution in [0.3, 0.4) is 0 Å². The van der Waals surface area contributed by atoms with Crippen LogP contribution in [0.5, 0.6) is 0 Å². The molecule has 2 amide bonds. The Hall–Kier alpha value is -3.31. The highest BCUT2D eigenvalue weighted by Gasteiger charge is 2.14. The van der Waals surface area contributed by atoms with E-state index in [0.29, 0.717) is 15.8 Å². The molecular formula is C20H21N5O4S2. The first-order chi connectivity index (χ1) is 14.9. The third-order valence-corrected chi connectivity index (χ3v) is 5.91. The van der Waals surface area contributed by atoms with Gasteiger partial charge in [0.2, 0.25) is 5.91 Å². The fourth-order valence-electron chi connectivity index (χ4n) is 2.58. The maximum absolute atomic E-state index is 12.1. The molecule has 0 aliphatic heterocycles. The number of nitrogens with zero attached hydrogens (tertiary/aromatic N) is 2. The number of amides is 2. The summed E-state index contributed by atoms with van der Waals surface area (Å²) in [5.41, 5.74) is 2.85. The summed E-state index contributed by atoms with van der Waals surface area (Å²) in [4.78, 5) is 44.3. The van der Waals surface area contributed by atoms with Crippen molar-refractivity contribution in [2.24, 2.45) is 0 Å². The summed E-state index contributed by atoms with van der Waals surface area (Å²) in [6.07, 6.45) is 0.125. The Morgan fingerprint density at radius 1 is 1.10 bits per heavy atom. The van der Waals surface area contributed by atoms with E-state index in [1.54, 1.807) is 24.3 Å². The van der Waals surface area contributed by atoms with Crippen molar-refractivity contribution in [3.8, 4) is 10.6 Å². The van der Waals surface area contributed by atoms with Gasteiger partial charge in [-0.15, -0.1) is 11.3 Å². The first-order valence-electron chi connectivity index (χ1n) is 9.28. The molecule has 31 heavy (non-hydrogen) atoms. The van der Waals surface area contributed by atoms with Crippen molar-refractivity contribution < 1.29 is 19.1 Å². The normalized spacial score (nSPS) is 10.4. The Morgan fingerprint density at radius 3 is 2.52 bits per heavy atom. The van der Waals surface area contributed by atoms with Crippen molar-refractivity contribution in [2.75, 3.05) is 24.3 Å². The average Bonchev–Trinajstić information content (AvgIpc) is 3.33. The van der Waals surface area contributed by atoms with Crippen LogP contribution in [0.4, 0.5) is 16.0 Å². The van der Waals surface area contributed by atoms with Gasteiger partial charge in [0.15, 0.2) is 10.3 Å². The second-order valence-corrected chi connectivity index (χ2v) is 8.29. The molecule has 3 rings (SSSR count). The Balaban J connectivity index is 1.61. The van der Waals surface area contributed by atoms with Gasteiger partial charge < -0.3 is 20.7 Å². The van der Waals surface area contributed by atoms with Gasteiger partial charge in [-0.05, 0) is 31.2 Å². The van der Waals surface area contributed by atoms with Crippen LogP contribution >= 0.6 is 22.7 Å². The number of benzene rings is 1. The van der Waals surface area contributed by atoms with Crippen LogP contribution in [0.25, 0.3) is 10.6 Å². The second kappa shape index (κ2) is 10.1. The monoisotopic (exact) mass is 459 g/mol. The van der Waals surface area contributed by atoms with Crippen molar-refractivity contribution >= 4 is 56.4 Å². The van der Waals surface area contributed by atoms with Gasteiger partial charge in [-0.3, -0.25) is 14.4 Å². The highest BCUT2D eigenvalue weighted by atomic mass is 32.1. The molecule has 0 aliphatic rings. The van der Waals surface area contributed by atoms with E-state index in [0.717, 1.165) is 22.0 Å². The number of hydrogen-bond donors (Lipinski definition) is 3. The molecule has 0 bridgehead atoms. The van der Waals surface area contributed by atoms with E-state index < -0.39 is 0 Å². The molecule has 0 unspecified atom stereocenters. The van der Waals surface area contributed by atoms with Crippen molar-refractivity contribution in [2.45, 2.75) is 20.3 Å². The van der Waals surface area contributed by atoms with Gasteiger partial charge in [-0.1, -0.05) is 11.3 Å². The number of esters is 1.